The van der Waals surface area contributed by atoms with Gasteiger partial charge in [0.25, 0.3) is 5.91 Å². The lowest BCUT2D eigenvalue weighted by molar-refractivity contribution is -0.136. The van der Waals surface area contributed by atoms with Crippen molar-refractivity contribution >= 4 is 23.4 Å². The monoisotopic (exact) mass is 392 g/mol. The predicted octanol–water partition coefficient (Wildman–Crippen LogP) is 1.78. The van der Waals surface area contributed by atoms with Gasteiger partial charge < -0.3 is 15.5 Å². The van der Waals surface area contributed by atoms with Gasteiger partial charge in [-0.2, -0.15) is 0 Å². The lowest BCUT2D eigenvalue weighted by Crippen LogP contribution is -2.52. The highest BCUT2D eigenvalue weighted by molar-refractivity contribution is 6.05. The van der Waals surface area contributed by atoms with Gasteiger partial charge in [0.1, 0.15) is 6.04 Å². The zero-order valence-corrected chi connectivity index (χ0v) is 16.3. The van der Waals surface area contributed by atoms with Crippen molar-refractivity contribution in [3.63, 3.8) is 0 Å². The van der Waals surface area contributed by atoms with Crippen molar-refractivity contribution in [1.82, 2.24) is 15.5 Å². The van der Waals surface area contributed by atoms with Gasteiger partial charge in [0.05, 0.1) is 0 Å². The molecule has 1 saturated heterocycles. The van der Waals surface area contributed by atoms with E-state index >= 15 is 0 Å². The molecule has 2 aliphatic heterocycles. The summed E-state index contributed by atoms with van der Waals surface area (Å²) in [7, 11) is 1.92. The van der Waals surface area contributed by atoms with Crippen LogP contribution < -0.4 is 16.0 Å². The zero-order valence-electron chi connectivity index (χ0n) is 16.3. The maximum atomic E-state index is 12.8. The van der Waals surface area contributed by atoms with E-state index in [1.165, 1.54) is 5.56 Å². The van der Waals surface area contributed by atoms with Crippen LogP contribution in [0.15, 0.2) is 42.5 Å². The fourth-order valence-corrected chi connectivity index (χ4v) is 3.94. The molecule has 150 valence electrons. The normalized spacial score (nSPS) is 18.6. The predicted molar refractivity (Wildman–Crippen MR) is 109 cm³/mol. The van der Waals surface area contributed by atoms with Crippen molar-refractivity contribution in [3.8, 4) is 0 Å². The van der Waals surface area contributed by atoms with Gasteiger partial charge in [-0.1, -0.05) is 24.3 Å². The molecule has 7 nitrogen and oxygen atoms in total. The summed E-state index contributed by atoms with van der Waals surface area (Å²) in [6.07, 6.45) is 0.639. The first-order chi connectivity index (χ1) is 14.0. The first-order valence-corrected chi connectivity index (χ1v) is 9.79. The summed E-state index contributed by atoms with van der Waals surface area (Å²) < 4.78 is 0. The number of nitrogens with zero attached hydrogens (tertiary/aromatic N) is 1. The van der Waals surface area contributed by atoms with E-state index in [4.69, 9.17) is 0 Å². The van der Waals surface area contributed by atoms with Crippen molar-refractivity contribution in [2.75, 3.05) is 12.4 Å². The largest absolute Gasteiger partial charge is 0.381 e. The second-order valence-corrected chi connectivity index (χ2v) is 7.48. The van der Waals surface area contributed by atoms with Gasteiger partial charge >= 0.3 is 0 Å². The lowest BCUT2D eigenvalue weighted by Gasteiger charge is -2.29. The van der Waals surface area contributed by atoms with Crippen molar-refractivity contribution < 1.29 is 14.4 Å². The molecular weight excluding hydrogens is 368 g/mol. The number of amides is 3. The van der Waals surface area contributed by atoms with E-state index in [0.717, 1.165) is 23.4 Å². The van der Waals surface area contributed by atoms with Crippen molar-refractivity contribution in [3.05, 3.63) is 64.7 Å². The average Bonchev–Trinajstić information content (AvgIpc) is 3.03. The fourth-order valence-electron chi connectivity index (χ4n) is 3.94. The van der Waals surface area contributed by atoms with Gasteiger partial charge in [-0.3, -0.25) is 19.7 Å². The number of carbonyl (C=O) groups excluding carboxylic acids is 3. The van der Waals surface area contributed by atoms with E-state index in [1.54, 1.807) is 4.90 Å². The van der Waals surface area contributed by atoms with Crippen LogP contribution in [0.2, 0.25) is 0 Å². The summed E-state index contributed by atoms with van der Waals surface area (Å²) >= 11 is 0. The Labute approximate surface area is 169 Å². The average molecular weight is 392 g/mol. The van der Waals surface area contributed by atoms with Gasteiger partial charge in [-0.15, -0.1) is 0 Å². The summed E-state index contributed by atoms with van der Waals surface area (Å²) in [6, 6.07) is 13.4. The molecule has 2 heterocycles. The Hall–Kier alpha value is -3.19. The summed E-state index contributed by atoms with van der Waals surface area (Å²) in [4.78, 5) is 37.9. The highest BCUT2D eigenvalue weighted by Crippen LogP contribution is 2.28. The number of imide groups is 1. The molecule has 1 fully saturated rings. The van der Waals surface area contributed by atoms with Gasteiger partial charge in [0.15, 0.2) is 0 Å². The molecule has 3 amide bonds. The van der Waals surface area contributed by atoms with Crippen LogP contribution in [-0.2, 0) is 29.2 Å². The quantitative estimate of drug-likeness (QED) is 0.652. The van der Waals surface area contributed by atoms with E-state index in [2.05, 4.69) is 28.1 Å². The van der Waals surface area contributed by atoms with E-state index in [-0.39, 0.29) is 24.1 Å². The molecule has 29 heavy (non-hydrogen) atoms. The summed E-state index contributed by atoms with van der Waals surface area (Å²) in [6.45, 7) is 1.85. The second-order valence-electron chi connectivity index (χ2n) is 7.48. The first kappa shape index (κ1) is 19.1. The molecule has 2 aromatic rings. The number of benzene rings is 2. The van der Waals surface area contributed by atoms with Gasteiger partial charge in [-0.05, 0) is 48.4 Å². The zero-order chi connectivity index (χ0) is 20.4. The molecule has 0 radical (unpaired) electrons. The van der Waals surface area contributed by atoms with Crippen LogP contribution in [0.25, 0.3) is 0 Å². The molecule has 2 aromatic carbocycles. The highest BCUT2D eigenvalue weighted by Gasteiger charge is 2.38. The van der Waals surface area contributed by atoms with Crippen LogP contribution in [-0.4, -0.2) is 35.7 Å². The molecule has 2 aliphatic rings. The molecular formula is C22H24N4O3. The number of rotatable bonds is 6. The number of fused-ring (bicyclic) bond motifs is 1. The summed E-state index contributed by atoms with van der Waals surface area (Å²) in [5.41, 5.74) is 4.87. The molecule has 7 heteroatoms. The van der Waals surface area contributed by atoms with E-state index < -0.39 is 6.04 Å². The van der Waals surface area contributed by atoms with Crippen LogP contribution in [0.3, 0.4) is 0 Å². The number of hydrogen-bond acceptors (Lipinski definition) is 5. The van der Waals surface area contributed by atoms with Gasteiger partial charge in [0.2, 0.25) is 11.8 Å². The van der Waals surface area contributed by atoms with Crippen molar-refractivity contribution in [1.29, 1.82) is 0 Å². The van der Waals surface area contributed by atoms with Crippen LogP contribution in [0, 0.1) is 0 Å². The Morgan fingerprint density at radius 1 is 1.07 bits per heavy atom. The molecule has 0 bridgehead atoms. The lowest BCUT2D eigenvalue weighted by atomic mass is 10.0. The van der Waals surface area contributed by atoms with Crippen LogP contribution in [0.5, 0.6) is 0 Å². The van der Waals surface area contributed by atoms with Gasteiger partial charge in [0, 0.05) is 37.3 Å². The Morgan fingerprint density at radius 2 is 1.90 bits per heavy atom. The Balaban J connectivity index is 1.44. The molecule has 4 rings (SSSR count). The van der Waals surface area contributed by atoms with Crippen LogP contribution >= 0.6 is 0 Å². The number of nitrogens with one attached hydrogen (secondary N) is 3. The Kier molecular flexibility index (Phi) is 5.31. The molecule has 1 unspecified atom stereocenters. The van der Waals surface area contributed by atoms with Crippen molar-refractivity contribution in [2.24, 2.45) is 0 Å². The number of anilines is 1. The van der Waals surface area contributed by atoms with Crippen LogP contribution in [0.1, 0.15) is 39.9 Å². The van der Waals surface area contributed by atoms with E-state index in [0.29, 0.717) is 25.1 Å². The molecule has 0 saturated carbocycles. The second kappa shape index (κ2) is 8.05. The number of hydrogen-bond donors (Lipinski definition) is 3. The molecule has 3 N–H and O–H groups in total. The minimum Gasteiger partial charge on any atom is -0.381 e. The summed E-state index contributed by atoms with van der Waals surface area (Å²) in [5.74, 6) is -0.804. The maximum absolute atomic E-state index is 12.8. The minimum atomic E-state index is -0.580. The Morgan fingerprint density at radius 3 is 2.69 bits per heavy atom. The Bertz CT molecular complexity index is 972. The molecule has 1 atom stereocenters. The maximum Gasteiger partial charge on any atom is 0.255 e. The van der Waals surface area contributed by atoms with E-state index in [1.807, 2.05) is 37.4 Å². The smallest absolute Gasteiger partial charge is 0.255 e. The minimum absolute atomic E-state index is 0.145. The number of piperidine rings is 1. The van der Waals surface area contributed by atoms with Gasteiger partial charge in [-0.25, -0.2) is 0 Å². The van der Waals surface area contributed by atoms with Crippen molar-refractivity contribution in [2.45, 2.75) is 38.5 Å². The SMILES string of the molecule is CNCc1cccc(NCc2ccc3c(c2)CN(C2CCC(=O)NC2=O)C3=O)c1. The summed E-state index contributed by atoms with van der Waals surface area (Å²) in [5, 5.41) is 8.89. The third kappa shape index (κ3) is 4.00. The van der Waals surface area contributed by atoms with Crippen LogP contribution in [0.4, 0.5) is 5.69 Å². The highest BCUT2D eigenvalue weighted by atomic mass is 16.2. The topological polar surface area (TPSA) is 90.5 Å². The third-order valence-corrected chi connectivity index (χ3v) is 5.39. The molecule has 0 aliphatic carbocycles. The standard InChI is InChI=1S/C22H24N4O3/c1-23-11-14-3-2-4-17(10-14)24-12-15-5-6-18-16(9-15)13-26(22(18)29)19-7-8-20(27)25-21(19)28/h2-6,9-10,19,23-24H,7-8,11-13H2,1H3,(H,25,27,28). The fraction of sp³-hybridized carbons (Fsp3) is 0.318. The molecule has 0 aromatic heterocycles. The van der Waals surface area contributed by atoms with E-state index in [9.17, 15) is 14.4 Å². The first-order valence-electron chi connectivity index (χ1n) is 9.79. The third-order valence-electron chi connectivity index (χ3n) is 5.39. The number of carbonyl (C=O) groups is 3. The molecule has 0 spiro atoms.